The molecule has 0 saturated heterocycles. The Balaban J connectivity index is 1.68. The van der Waals surface area contributed by atoms with E-state index in [0.717, 1.165) is 10.0 Å². The van der Waals surface area contributed by atoms with Crippen LogP contribution in [0, 0.1) is 0 Å². The first-order valence-electron chi connectivity index (χ1n) is 9.03. The van der Waals surface area contributed by atoms with Crippen LogP contribution in [0.4, 0.5) is 0 Å². The van der Waals surface area contributed by atoms with Crippen molar-refractivity contribution in [1.82, 2.24) is 4.98 Å². The van der Waals surface area contributed by atoms with Gasteiger partial charge in [0.05, 0.1) is 16.8 Å². The van der Waals surface area contributed by atoms with Crippen LogP contribution >= 0.6 is 15.9 Å². The SMILES string of the molecule is O=C(COC(=O)c1cc(-c2ccccc2)nc2ccc(Br)cc12)c1ccccc1. The van der Waals surface area contributed by atoms with E-state index >= 15 is 0 Å². The van der Waals surface area contributed by atoms with Crippen LogP contribution in [0.15, 0.2) is 89.4 Å². The first kappa shape index (κ1) is 19.0. The number of halogens is 1. The third kappa shape index (κ3) is 4.25. The van der Waals surface area contributed by atoms with Crippen LogP contribution < -0.4 is 0 Å². The minimum Gasteiger partial charge on any atom is -0.454 e. The Bertz CT molecular complexity index is 1190. The molecule has 5 heteroatoms. The fourth-order valence-electron chi connectivity index (χ4n) is 3.04. The third-order valence-corrected chi connectivity index (χ3v) is 4.98. The topological polar surface area (TPSA) is 56.3 Å². The Kier molecular flexibility index (Phi) is 5.49. The summed E-state index contributed by atoms with van der Waals surface area (Å²) in [6.07, 6.45) is 0. The number of Topliss-reactive ketones (excluding diaryl/α,β-unsaturated/α-hetero) is 1. The van der Waals surface area contributed by atoms with Crippen molar-refractivity contribution in [3.05, 3.63) is 101 Å². The Morgan fingerprint density at radius 2 is 1.55 bits per heavy atom. The molecule has 0 saturated carbocycles. The monoisotopic (exact) mass is 445 g/mol. The fraction of sp³-hybridized carbons (Fsp3) is 0.0417. The molecule has 0 fully saturated rings. The van der Waals surface area contributed by atoms with Gasteiger partial charge in [0.2, 0.25) is 0 Å². The van der Waals surface area contributed by atoms with Crippen molar-refractivity contribution in [1.29, 1.82) is 0 Å². The van der Waals surface area contributed by atoms with Crippen LogP contribution in [0.1, 0.15) is 20.7 Å². The lowest BCUT2D eigenvalue weighted by Crippen LogP contribution is -2.15. The smallest absolute Gasteiger partial charge is 0.339 e. The number of rotatable bonds is 5. The van der Waals surface area contributed by atoms with Crippen LogP contribution in [0.5, 0.6) is 0 Å². The van der Waals surface area contributed by atoms with Gasteiger partial charge in [0, 0.05) is 21.0 Å². The normalized spacial score (nSPS) is 10.7. The minimum atomic E-state index is -0.558. The zero-order valence-electron chi connectivity index (χ0n) is 15.3. The molecule has 4 nitrogen and oxygen atoms in total. The van der Waals surface area contributed by atoms with Crippen molar-refractivity contribution in [2.24, 2.45) is 0 Å². The van der Waals surface area contributed by atoms with E-state index < -0.39 is 5.97 Å². The molecule has 3 aromatic carbocycles. The van der Waals surface area contributed by atoms with Gasteiger partial charge in [0.1, 0.15) is 0 Å². The van der Waals surface area contributed by atoms with E-state index in [1.165, 1.54) is 0 Å². The Hall–Kier alpha value is -3.31. The molecule has 4 aromatic rings. The third-order valence-electron chi connectivity index (χ3n) is 4.49. The van der Waals surface area contributed by atoms with Crippen LogP contribution in [0.25, 0.3) is 22.2 Å². The largest absolute Gasteiger partial charge is 0.454 e. The van der Waals surface area contributed by atoms with E-state index in [9.17, 15) is 9.59 Å². The van der Waals surface area contributed by atoms with Crippen molar-refractivity contribution in [3.8, 4) is 11.3 Å². The summed E-state index contributed by atoms with van der Waals surface area (Å²) in [6.45, 7) is -0.318. The lowest BCUT2D eigenvalue weighted by molar-refractivity contribution is 0.0476. The van der Waals surface area contributed by atoms with Gasteiger partial charge in [-0.3, -0.25) is 4.79 Å². The maximum atomic E-state index is 12.9. The van der Waals surface area contributed by atoms with Crippen molar-refractivity contribution in [2.45, 2.75) is 0 Å². The number of aromatic nitrogens is 1. The Morgan fingerprint density at radius 1 is 0.862 bits per heavy atom. The second-order valence-corrected chi connectivity index (χ2v) is 7.36. The van der Waals surface area contributed by atoms with Crippen molar-refractivity contribution in [2.75, 3.05) is 6.61 Å². The average Bonchev–Trinajstić information content (AvgIpc) is 2.77. The van der Waals surface area contributed by atoms with E-state index in [4.69, 9.17) is 4.74 Å². The van der Waals surface area contributed by atoms with Gasteiger partial charge >= 0.3 is 5.97 Å². The number of hydrogen-bond acceptors (Lipinski definition) is 4. The fourth-order valence-corrected chi connectivity index (χ4v) is 3.40. The van der Waals surface area contributed by atoms with Gasteiger partial charge in [-0.25, -0.2) is 9.78 Å². The molecule has 0 unspecified atom stereocenters. The molecule has 0 radical (unpaired) electrons. The number of esters is 1. The highest BCUT2D eigenvalue weighted by Crippen LogP contribution is 2.27. The first-order chi connectivity index (χ1) is 14.1. The second kappa shape index (κ2) is 8.37. The highest BCUT2D eigenvalue weighted by atomic mass is 79.9. The highest BCUT2D eigenvalue weighted by Gasteiger charge is 2.17. The second-order valence-electron chi connectivity index (χ2n) is 6.45. The Morgan fingerprint density at radius 3 is 2.28 bits per heavy atom. The predicted octanol–water partition coefficient (Wildman–Crippen LogP) is 5.70. The van der Waals surface area contributed by atoms with Gasteiger partial charge in [0.15, 0.2) is 12.4 Å². The number of benzene rings is 3. The van der Waals surface area contributed by atoms with Crippen LogP contribution in [0.2, 0.25) is 0 Å². The van der Waals surface area contributed by atoms with E-state index in [-0.39, 0.29) is 12.4 Å². The molecule has 4 rings (SSSR count). The zero-order chi connectivity index (χ0) is 20.2. The zero-order valence-corrected chi connectivity index (χ0v) is 16.9. The molecule has 0 aliphatic carbocycles. The number of ketones is 1. The number of carbonyl (C=O) groups excluding carboxylic acids is 2. The van der Waals surface area contributed by atoms with Gasteiger partial charge in [-0.05, 0) is 24.3 Å². The maximum Gasteiger partial charge on any atom is 0.339 e. The molecule has 0 aliphatic rings. The minimum absolute atomic E-state index is 0.248. The van der Waals surface area contributed by atoms with Gasteiger partial charge < -0.3 is 4.74 Å². The van der Waals surface area contributed by atoms with Crippen LogP contribution in [0.3, 0.4) is 0 Å². The molecule has 0 amide bonds. The number of pyridine rings is 1. The average molecular weight is 446 g/mol. The van der Waals surface area contributed by atoms with Crippen LogP contribution in [-0.4, -0.2) is 23.3 Å². The molecular formula is C24H16BrNO3. The standard InChI is InChI=1S/C24H16BrNO3/c25-18-11-12-21-19(13-18)20(14-22(26-21)16-7-3-1-4-8-16)24(28)29-15-23(27)17-9-5-2-6-10-17/h1-14H,15H2. The molecule has 1 aromatic heterocycles. The molecular weight excluding hydrogens is 430 g/mol. The van der Waals surface area contributed by atoms with E-state index in [0.29, 0.717) is 27.7 Å². The quantitative estimate of drug-likeness (QED) is 0.291. The summed E-state index contributed by atoms with van der Waals surface area (Å²) in [7, 11) is 0. The van der Waals surface area contributed by atoms with Crippen molar-refractivity contribution in [3.63, 3.8) is 0 Å². The van der Waals surface area contributed by atoms with Crippen LogP contribution in [-0.2, 0) is 4.74 Å². The summed E-state index contributed by atoms with van der Waals surface area (Å²) in [5, 5.41) is 0.663. The first-order valence-corrected chi connectivity index (χ1v) is 9.82. The van der Waals surface area contributed by atoms with Gasteiger partial charge in [-0.2, -0.15) is 0 Å². The molecule has 0 bridgehead atoms. The molecule has 1 heterocycles. The summed E-state index contributed by atoms with van der Waals surface area (Å²) in [5.41, 5.74) is 3.12. The number of hydrogen-bond donors (Lipinski definition) is 0. The number of carbonyl (C=O) groups is 2. The Labute approximate surface area is 176 Å². The molecule has 0 aliphatic heterocycles. The summed E-state index contributed by atoms with van der Waals surface area (Å²) < 4.78 is 6.18. The molecule has 0 atom stereocenters. The lowest BCUT2D eigenvalue weighted by Gasteiger charge is -2.10. The summed E-state index contributed by atoms with van der Waals surface area (Å²) in [5.74, 6) is -0.807. The van der Waals surface area contributed by atoms with Crippen molar-refractivity contribution < 1.29 is 14.3 Å². The lowest BCUT2D eigenvalue weighted by atomic mass is 10.0. The maximum absolute atomic E-state index is 12.9. The molecule has 142 valence electrons. The van der Waals surface area contributed by atoms with Gasteiger partial charge in [-0.15, -0.1) is 0 Å². The number of fused-ring (bicyclic) bond motifs is 1. The van der Waals surface area contributed by atoms with E-state index in [1.807, 2.05) is 54.6 Å². The van der Waals surface area contributed by atoms with Crippen molar-refractivity contribution >= 4 is 38.6 Å². The highest BCUT2D eigenvalue weighted by molar-refractivity contribution is 9.10. The summed E-state index contributed by atoms with van der Waals surface area (Å²) >= 11 is 3.44. The number of nitrogens with zero attached hydrogens (tertiary/aromatic N) is 1. The number of ether oxygens (including phenoxy) is 1. The van der Waals surface area contributed by atoms with E-state index in [1.54, 1.807) is 30.3 Å². The van der Waals surface area contributed by atoms with Gasteiger partial charge in [-0.1, -0.05) is 76.6 Å². The van der Waals surface area contributed by atoms with E-state index in [2.05, 4.69) is 20.9 Å². The summed E-state index contributed by atoms with van der Waals surface area (Å²) in [6, 6.07) is 25.6. The van der Waals surface area contributed by atoms with Gasteiger partial charge in [0.25, 0.3) is 0 Å². The molecule has 0 spiro atoms. The molecule has 29 heavy (non-hydrogen) atoms. The summed E-state index contributed by atoms with van der Waals surface area (Å²) in [4.78, 5) is 29.8. The predicted molar refractivity (Wildman–Crippen MR) is 116 cm³/mol. The molecule has 0 N–H and O–H groups in total.